The molecule has 4 atom stereocenters. The van der Waals surface area contributed by atoms with Gasteiger partial charge in [0.2, 0.25) is 0 Å². The molecule has 0 bridgehead atoms. The Balaban J connectivity index is 1.31. The summed E-state index contributed by atoms with van der Waals surface area (Å²) in [5, 5.41) is 15.0. The number of nitrogens with zero attached hydrogens (tertiary/aromatic N) is 6. The van der Waals surface area contributed by atoms with E-state index in [0.717, 1.165) is 62.4 Å². The Kier molecular flexibility index (Phi) is 4.30. The zero-order valence-electron chi connectivity index (χ0n) is 16.9. The highest BCUT2D eigenvalue weighted by molar-refractivity contribution is 5.61. The molecule has 2 fully saturated rings. The second-order valence-corrected chi connectivity index (χ2v) is 8.92. The van der Waals surface area contributed by atoms with Gasteiger partial charge in [-0.15, -0.1) is 0 Å². The van der Waals surface area contributed by atoms with Crippen LogP contribution in [0.3, 0.4) is 0 Å². The van der Waals surface area contributed by atoms with Crippen molar-refractivity contribution in [1.82, 2.24) is 24.7 Å². The number of aliphatic hydroxyl groups is 1. The highest BCUT2D eigenvalue weighted by Gasteiger charge is 2.43. The fourth-order valence-electron chi connectivity index (χ4n) is 5.64. The van der Waals surface area contributed by atoms with Crippen molar-refractivity contribution in [3.8, 4) is 11.4 Å². The minimum atomic E-state index is -0.371. The van der Waals surface area contributed by atoms with Crippen LogP contribution in [0.1, 0.15) is 36.6 Å². The van der Waals surface area contributed by atoms with Gasteiger partial charge in [-0.1, -0.05) is 30.3 Å². The normalized spacial score (nSPS) is 27.8. The van der Waals surface area contributed by atoms with Crippen molar-refractivity contribution < 1.29 is 5.11 Å². The predicted octanol–water partition coefficient (Wildman–Crippen LogP) is 2.67. The van der Waals surface area contributed by atoms with Crippen molar-refractivity contribution in [1.29, 1.82) is 0 Å². The minimum absolute atomic E-state index is 0.0182. The predicted molar refractivity (Wildman–Crippen MR) is 113 cm³/mol. The first-order valence-electron chi connectivity index (χ1n) is 11.0. The summed E-state index contributed by atoms with van der Waals surface area (Å²) in [6, 6.07) is 10.3. The first-order chi connectivity index (χ1) is 14.8. The van der Waals surface area contributed by atoms with Crippen molar-refractivity contribution in [2.75, 3.05) is 18.0 Å². The lowest BCUT2D eigenvalue weighted by atomic mass is 9.77. The van der Waals surface area contributed by atoms with Gasteiger partial charge in [-0.05, 0) is 43.9 Å². The molecule has 0 unspecified atom stereocenters. The van der Waals surface area contributed by atoms with Gasteiger partial charge in [-0.25, -0.2) is 19.6 Å². The third kappa shape index (κ3) is 2.99. The zero-order valence-corrected chi connectivity index (χ0v) is 16.9. The summed E-state index contributed by atoms with van der Waals surface area (Å²) in [7, 11) is 0. The molecule has 7 nitrogen and oxygen atoms in total. The number of aryl methyl sites for hydroxylation is 1. The van der Waals surface area contributed by atoms with E-state index in [1.54, 1.807) is 12.7 Å². The topological polar surface area (TPSA) is 80.0 Å². The number of hydrogen-bond donors (Lipinski definition) is 1. The summed E-state index contributed by atoms with van der Waals surface area (Å²) in [5.74, 6) is 2.99. The number of aliphatic hydroxyl groups excluding tert-OH is 1. The second-order valence-electron chi connectivity index (χ2n) is 8.92. The fourth-order valence-corrected chi connectivity index (χ4v) is 5.64. The molecule has 2 aliphatic carbocycles. The lowest BCUT2D eigenvalue weighted by Gasteiger charge is -2.34. The summed E-state index contributed by atoms with van der Waals surface area (Å²) < 4.78 is 1.83. The van der Waals surface area contributed by atoms with Crippen LogP contribution in [0.2, 0.25) is 0 Å². The van der Waals surface area contributed by atoms with Crippen LogP contribution in [0, 0.1) is 11.8 Å². The lowest BCUT2D eigenvalue weighted by Crippen LogP contribution is -2.36. The van der Waals surface area contributed by atoms with E-state index >= 15 is 0 Å². The molecule has 1 aliphatic heterocycles. The molecule has 0 amide bonds. The van der Waals surface area contributed by atoms with Crippen LogP contribution in [0.25, 0.3) is 11.4 Å². The van der Waals surface area contributed by atoms with Gasteiger partial charge < -0.3 is 10.0 Å². The van der Waals surface area contributed by atoms with Crippen molar-refractivity contribution in [2.24, 2.45) is 11.8 Å². The van der Waals surface area contributed by atoms with Crippen molar-refractivity contribution >= 4 is 5.82 Å². The van der Waals surface area contributed by atoms with Gasteiger partial charge in [0.05, 0.1) is 12.1 Å². The van der Waals surface area contributed by atoms with Crippen molar-refractivity contribution in [3.63, 3.8) is 0 Å². The number of anilines is 1. The molecule has 1 aromatic carbocycles. The SMILES string of the molecule is O[C@@H]1C[C@H]2CN(c3nc(-c4ccccc4)nc4c3CCC4)C[C@H]2C[C@H]1n1cncn1. The molecule has 2 aromatic heterocycles. The molecule has 3 aromatic rings. The van der Waals surface area contributed by atoms with Crippen LogP contribution in [-0.4, -0.2) is 49.0 Å². The Morgan fingerprint density at radius 3 is 2.60 bits per heavy atom. The first-order valence-corrected chi connectivity index (χ1v) is 11.0. The van der Waals surface area contributed by atoms with Crippen LogP contribution in [0.5, 0.6) is 0 Å². The van der Waals surface area contributed by atoms with E-state index in [-0.39, 0.29) is 12.1 Å². The van der Waals surface area contributed by atoms with Gasteiger partial charge in [0.1, 0.15) is 18.5 Å². The minimum Gasteiger partial charge on any atom is -0.391 e. The van der Waals surface area contributed by atoms with E-state index in [4.69, 9.17) is 9.97 Å². The van der Waals surface area contributed by atoms with E-state index in [9.17, 15) is 5.11 Å². The maximum absolute atomic E-state index is 10.8. The molecular formula is C23H26N6O. The van der Waals surface area contributed by atoms with Crippen LogP contribution >= 0.6 is 0 Å². The number of rotatable bonds is 3. The summed E-state index contributed by atoms with van der Waals surface area (Å²) >= 11 is 0. The number of fused-ring (bicyclic) bond motifs is 2. The molecule has 0 radical (unpaired) electrons. The molecule has 7 heteroatoms. The Bertz CT molecular complexity index is 1040. The number of hydrogen-bond acceptors (Lipinski definition) is 6. The number of aromatic nitrogens is 5. The zero-order chi connectivity index (χ0) is 20.1. The molecule has 0 spiro atoms. The summed E-state index contributed by atoms with van der Waals surface area (Å²) in [6.45, 7) is 1.95. The molecule has 1 saturated carbocycles. The van der Waals surface area contributed by atoms with Gasteiger partial charge in [0, 0.05) is 29.9 Å². The van der Waals surface area contributed by atoms with E-state index in [0.29, 0.717) is 11.8 Å². The molecule has 3 heterocycles. The standard InChI is InChI=1S/C23H26N6O/c30-21-10-17-12-28(11-16(17)9-20(21)29-14-24-13-25-29)23-18-7-4-8-19(18)26-22(27-23)15-5-2-1-3-6-15/h1-3,5-6,13-14,16-17,20-21,30H,4,7-12H2/t16-,17+,20-,21-/m1/s1. The molecule has 1 saturated heterocycles. The number of benzene rings is 1. The monoisotopic (exact) mass is 402 g/mol. The van der Waals surface area contributed by atoms with E-state index < -0.39 is 0 Å². The lowest BCUT2D eigenvalue weighted by molar-refractivity contribution is 0.0305. The molecular weight excluding hydrogens is 376 g/mol. The van der Waals surface area contributed by atoms with Crippen LogP contribution in [-0.2, 0) is 12.8 Å². The van der Waals surface area contributed by atoms with Crippen LogP contribution < -0.4 is 4.90 Å². The van der Waals surface area contributed by atoms with Gasteiger partial charge in [0.15, 0.2) is 5.82 Å². The van der Waals surface area contributed by atoms with E-state index in [2.05, 4.69) is 27.1 Å². The van der Waals surface area contributed by atoms with Crippen LogP contribution in [0.4, 0.5) is 5.82 Å². The van der Waals surface area contributed by atoms with Gasteiger partial charge in [-0.2, -0.15) is 5.10 Å². The van der Waals surface area contributed by atoms with E-state index in [1.807, 2.05) is 22.9 Å². The first kappa shape index (κ1) is 18.0. The molecule has 3 aliphatic rings. The fraction of sp³-hybridized carbons (Fsp3) is 0.478. The average Bonchev–Trinajstić information content (AvgIpc) is 3.52. The Morgan fingerprint density at radius 2 is 1.80 bits per heavy atom. The molecule has 6 rings (SSSR count). The highest BCUT2D eigenvalue weighted by atomic mass is 16.3. The maximum atomic E-state index is 10.8. The summed E-state index contributed by atoms with van der Waals surface area (Å²) in [6.07, 6.45) is 7.91. The summed E-state index contributed by atoms with van der Waals surface area (Å²) in [5.41, 5.74) is 3.63. The second kappa shape index (κ2) is 7.16. The van der Waals surface area contributed by atoms with E-state index in [1.165, 1.54) is 11.3 Å². The Hall–Kier alpha value is -2.80. The Morgan fingerprint density at radius 1 is 0.967 bits per heavy atom. The van der Waals surface area contributed by atoms with Gasteiger partial charge >= 0.3 is 0 Å². The average molecular weight is 403 g/mol. The molecule has 154 valence electrons. The molecule has 1 N–H and O–H groups in total. The van der Waals surface area contributed by atoms with Gasteiger partial charge in [0.25, 0.3) is 0 Å². The highest BCUT2D eigenvalue weighted by Crippen LogP contribution is 2.43. The quantitative estimate of drug-likeness (QED) is 0.726. The third-order valence-electron chi connectivity index (χ3n) is 7.13. The third-order valence-corrected chi connectivity index (χ3v) is 7.13. The largest absolute Gasteiger partial charge is 0.391 e. The Labute approximate surface area is 175 Å². The van der Waals surface area contributed by atoms with Crippen LogP contribution in [0.15, 0.2) is 43.0 Å². The molecule has 30 heavy (non-hydrogen) atoms. The van der Waals surface area contributed by atoms with Gasteiger partial charge in [-0.3, -0.25) is 0 Å². The van der Waals surface area contributed by atoms with Crippen molar-refractivity contribution in [3.05, 3.63) is 54.2 Å². The smallest absolute Gasteiger partial charge is 0.161 e. The maximum Gasteiger partial charge on any atom is 0.161 e. The summed E-state index contributed by atoms with van der Waals surface area (Å²) in [4.78, 5) is 16.5. The van der Waals surface area contributed by atoms with Crippen molar-refractivity contribution in [2.45, 2.75) is 44.2 Å².